The average molecular weight is 269 g/mol. The number of hydrogen-bond donors (Lipinski definition) is 1. The van der Waals surface area contributed by atoms with Crippen LogP contribution in [0.1, 0.15) is 33.6 Å². The van der Waals surface area contributed by atoms with Crippen LogP contribution >= 0.6 is 0 Å². The molecule has 0 radical (unpaired) electrons. The second-order valence-corrected chi connectivity index (χ2v) is 5.36. The van der Waals surface area contributed by atoms with E-state index in [1.165, 1.54) is 12.1 Å². The third kappa shape index (κ3) is 2.46. The Morgan fingerprint density at radius 2 is 2.11 bits per heavy atom. The van der Waals surface area contributed by atoms with E-state index in [0.717, 1.165) is 25.5 Å². The molecular formula is C15H21F2NO. The van der Waals surface area contributed by atoms with Gasteiger partial charge >= 0.3 is 0 Å². The number of ether oxygens (including phenoxy) is 1. The molecule has 19 heavy (non-hydrogen) atoms. The van der Waals surface area contributed by atoms with E-state index in [9.17, 15) is 8.78 Å². The highest BCUT2D eigenvalue weighted by Crippen LogP contribution is 2.46. The summed E-state index contributed by atoms with van der Waals surface area (Å²) in [6.07, 6.45) is 1.69. The fourth-order valence-electron chi connectivity index (χ4n) is 2.76. The van der Waals surface area contributed by atoms with Gasteiger partial charge in [0.05, 0.1) is 0 Å². The van der Waals surface area contributed by atoms with Crippen LogP contribution in [-0.4, -0.2) is 18.7 Å². The van der Waals surface area contributed by atoms with Crippen molar-refractivity contribution in [3.63, 3.8) is 0 Å². The molecule has 0 amide bonds. The van der Waals surface area contributed by atoms with Gasteiger partial charge in [0.2, 0.25) is 5.82 Å². The third-order valence-electron chi connectivity index (χ3n) is 4.38. The molecule has 3 atom stereocenters. The van der Waals surface area contributed by atoms with Crippen molar-refractivity contribution in [2.45, 2.75) is 45.8 Å². The molecule has 0 aliphatic heterocycles. The Morgan fingerprint density at radius 1 is 1.37 bits per heavy atom. The van der Waals surface area contributed by atoms with Gasteiger partial charge in [-0.25, -0.2) is 4.39 Å². The Morgan fingerprint density at radius 3 is 2.74 bits per heavy atom. The van der Waals surface area contributed by atoms with Crippen LogP contribution in [0.15, 0.2) is 18.2 Å². The fourth-order valence-corrected chi connectivity index (χ4v) is 2.76. The second kappa shape index (κ2) is 5.45. The zero-order valence-corrected chi connectivity index (χ0v) is 11.7. The molecule has 2 nitrogen and oxygen atoms in total. The van der Waals surface area contributed by atoms with Gasteiger partial charge in [0.25, 0.3) is 0 Å². The molecule has 0 spiro atoms. The van der Waals surface area contributed by atoms with Gasteiger partial charge in [-0.3, -0.25) is 0 Å². The van der Waals surface area contributed by atoms with Crippen molar-refractivity contribution in [2.24, 2.45) is 5.41 Å². The van der Waals surface area contributed by atoms with Crippen molar-refractivity contribution >= 4 is 0 Å². The minimum atomic E-state index is -0.896. The monoisotopic (exact) mass is 269 g/mol. The van der Waals surface area contributed by atoms with Crippen molar-refractivity contribution in [1.82, 2.24) is 5.32 Å². The highest BCUT2D eigenvalue weighted by molar-refractivity contribution is 5.26. The van der Waals surface area contributed by atoms with Crippen LogP contribution in [0, 0.1) is 17.0 Å². The van der Waals surface area contributed by atoms with E-state index in [2.05, 4.69) is 26.1 Å². The molecule has 106 valence electrons. The summed E-state index contributed by atoms with van der Waals surface area (Å²) in [7, 11) is 0. The predicted octanol–water partition coefficient (Wildman–Crippen LogP) is 3.51. The molecule has 1 aliphatic carbocycles. The predicted molar refractivity (Wildman–Crippen MR) is 71.3 cm³/mol. The van der Waals surface area contributed by atoms with Gasteiger partial charge in [0.15, 0.2) is 11.6 Å². The van der Waals surface area contributed by atoms with Crippen molar-refractivity contribution in [1.29, 1.82) is 0 Å². The van der Waals surface area contributed by atoms with Crippen LogP contribution in [0.2, 0.25) is 0 Å². The molecule has 2 rings (SSSR count). The lowest BCUT2D eigenvalue weighted by molar-refractivity contribution is -0.0714. The highest BCUT2D eigenvalue weighted by atomic mass is 19.2. The molecule has 0 saturated heterocycles. The zero-order valence-electron chi connectivity index (χ0n) is 11.7. The van der Waals surface area contributed by atoms with Crippen LogP contribution < -0.4 is 10.1 Å². The lowest BCUT2D eigenvalue weighted by atomic mass is 9.61. The van der Waals surface area contributed by atoms with Gasteiger partial charge in [-0.05, 0) is 25.1 Å². The minimum absolute atomic E-state index is 0.0135. The lowest BCUT2D eigenvalue weighted by Gasteiger charge is -2.53. The summed E-state index contributed by atoms with van der Waals surface area (Å²) in [5, 5.41) is 3.42. The maximum atomic E-state index is 13.6. The second-order valence-electron chi connectivity index (χ2n) is 5.36. The molecule has 1 aromatic carbocycles. The molecule has 1 fully saturated rings. The maximum Gasteiger partial charge on any atom is 0.200 e. The number of benzene rings is 1. The first kappa shape index (κ1) is 14.3. The quantitative estimate of drug-likeness (QED) is 0.883. The van der Waals surface area contributed by atoms with E-state index >= 15 is 0 Å². The Kier molecular flexibility index (Phi) is 4.09. The maximum absolute atomic E-state index is 13.6. The van der Waals surface area contributed by atoms with E-state index in [1.807, 2.05) is 0 Å². The van der Waals surface area contributed by atoms with E-state index in [1.54, 1.807) is 0 Å². The number of halogens is 2. The van der Waals surface area contributed by atoms with E-state index in [-0.39, 0.29) is 17.3 Å². The van der Waals surface area contributed by atoms with Gasteiger partial charge in [0, 0.05) is 17.9 Å². The standard InChI is InChI=1S/C15H21F2NO/c1-4-15(3)12(18-5-2)9-13(15)19-11-8-6-7-10(16)14(11)17/h6-8,12-13,18H,4-5,9H2,1-3H3. The van der Waals surface area contributed by atoms with Crippen molar-refractivity contribution in [2.75, 3.05) is 6.54 Å². The van der Waals surface area contributed by atoms with Gasteiger partial charge in [-0.2, -0.15) is 4.39 Å². The Bertz CT molecular complexity index is 452. The highest BCUT2D eigenvalue weighted by Gasteiger charge is 2.51. The summed E-state index contributed by atoms with van der Waals surface area (Å²) in [4.78, 5) is 0. The molecular weight excluding hydrogens is 248 g/mol. The summed E-state index contributed by atoms with van der Waals surface area (Å²) >= 11 is 0. The first-order valence-corrected chi connectivity index (χ1v) is 6.87. The van der Waals surface area contributed by atoms with E-state index < -0.39 is 11.6 Å². The van der Waals surface area contributed by atoms with Crippen LogP contribution in [0.3, 0.4) is 0 Å². The molecule has 0 aromatic heterocycles. The lowest BCUT2D eigenvalue weighted by Crippen LogP contribution is -2.63. The number of rotatable bonds is 5. The fraction of sp³-hybridized carbons (Fsp3) is 0.600. The van der Waals surface area contributed by atoms with Gasteiger partial charge in [-0.1, -0.05) is 26.8 Å². The van der Waals surface area contributed by atoms with Crippen LogP contribution in [0.5, 0.6) is 5.75 Å². The molecule has 1 aromatic rings. The third-order valence-corrected chi connectivity index (χ3v) is 4.38. The van der Waals surface area contributed by atoms with Crippen LogP contribution in [0.25, 0.3) is 0 Å². The normalized spacial score (nSPS) is 29.9. The zero-order chi connectivity index (χ0) is 14.0. The SMILES string of the molecule is CCNC1CC(Oc2cccc(F)c2F)C1(C)CC. The van der Waals surface area contributed by atoms with Crippen molar-refractivity contribution in [3.05, 3.63) is 29.8 Å². The summed E-state index contributed by atoms with van der Waals surface area (Å²) in [6.45, 7) is 7.20. The van der Waals surface area contributed by atoms with Crippen LogP contribution in [0.4, 0.5) is 8.78 Å². The van der Waals surface area contributed by atoms with E-state index in [0.29, 0.717) is 6.04 Å². The first-order valence-electron chi connectivity index (χ1n) is 6.87. The molecule has 1 N–H and O–H groups in total. The minimum Gasteiger partial charge on any atom is -0.487 e. The topological polar surface area (TPSA) is 21.3 Å². The molecule has 1 aliphatic rings. The molecule has 0 bridgehead atoms. The molecule has 0 heterocycles. The molecule has 1 saturated carbocycles. The first-order chi connectivity index (χ1) is 9.02. The Balaban J connectivity index is 2.10. The van der Waals surface area contributed by atoms with Gasteiger partial charge in [0.1, 0.15) is 6.10 Å². The average Bonchev–Trinajstić information content (AvgIpc) is 2.41. The molecule has 4 heteroatoms. The van der Waals surface area contributed by atoms with Crippen molar-refractivity contribution in [3.8, 4) is 5.75 Å². The summed E-state index contributed by atoms with van der Waals surface area (Å²) in [5.74, 6) is -1.74. The molecule has 3 unspecified atom stereocenters. The van der Waals surface area contributed by atoms with Crippen LogP contribution in [-0.2, 0) is 0 Å². The Hall–Kier alpha value is -1.16. The smallest absolute Gasteiger partial charge is 0.200 e. The van der Waals surface area contributed by atoms with Gasteiger partial charge in [-0.15, -0.1) is 0 Å². The van der Waals surface area contributed by atoms with Gasteiger partial charge < -0.3 is 10.1 Å². The van der Waals surface area contributed by atoms with Crippen molar-refractivity contribution < 1.29 is 13.5 Å². The summed E-state index contributed by atoms with van der Waals surface area (Å²) in [5.41, 5.74) is -0.0330. The number of nitrogens with one attached hydrogen (secondary N) is 1. The summed E-state index contributed by atoms with van der Waals surface area (Å²) < 4.78 is 32.5. The largest absolute Gasteiger partial charge is 0.487 e. The number of hydrogen-bond acceptors (Lipinski definition) is 2. The summed E-state index contributed by atoms with van der Waals surface area (Å²) in [6, 6.07) is 4.43. The van der Waals surface area contributed by atoms with E-state index in [4.69, 9.17) is 4.74 Å². The Labute approximate surface area is 113 Å².